The van der Waals surface area contributed by atoms with Crippen molar-refractivity contribution in [3.05, 3.63) is 95.6 Å². The maximum absolute atomic E-state index is 13.7. The summed E-state index contributed by atoms with van der Waals surface area (Å²) < 4.78 is 16.3. The minimum atomic E-state index is -1.29. The zero-order chi connectivity index (χ0) is 26.8. The van der Waals surface area contributed by atoms with Gasteiger partial charge in [0.05, 0.1) is 20.8 Å². The third kappa shape index (κ3) is 4.40. The Morgan fingerprint density at radius 1 is 0.921 bits per heavy atom. The smallest absolute Gasteiger partial charge is 0.317 e. The molecule has 2 aliphatic heterocycles. The Hall–Kier alpha value is -3.88. The highest BCUT2D eigenvalue weighted by Gasteiger charge is 2.66. The van der Waals surface area contributed by atoms with Gasteiger partial charge in [0.2, 0.25) is 0 Å². The molecule has 2 heterocycles. The second-order valence-corrected chi connectivity index (χ2v) is 9.58. The van der Waals surface area contributed by atoms with Crippen LogP contribution < -0.4 is 9.47 Å². The molecular formula is C30H31NO7. The summed E-state index contributed by atoms with van der Waals surface area (Å²) >= 11 is 0. The molecule has 198 valence electrons. The third-order valence-electron chi connectivity index (χ3n) is 7.37. The highest BCUT2D eigenvalue weighted by atomic mass is 17.2. The molecule has 8 nitrogen and oxygen atoms in total. The zero-order valence-corrected chi connectivity index (χ0v) is 21.7. The average Bonchev–Trinajstić information content (AvgIpc) is 3.25. The van der Waals surface area contributed by atoms with Gasteiger partial charge in [-0.3, -0.25) is 9.59 Å². The van der Waals surface area contributed by atoms with Crippen LogP contribution in [0.25, 0.3) is 0 Å². The molecule has 0 saturated carbocycles. The van der Waals surface area contributed by atoms with Crippen LogP contribution in [0.15, 0.2) is 78.9 Å². The van der Waals surface area contributed by atoms with Crippen LogP contribution in [-0.4, -0.2) is 50.3 Å². The molecule has 3 aromatic rings. The second-order valence-electron chi connectivity index (χ2n) is 9.58. The van der Waals surface area contributed by atoms with Crippen LogP contribution in [0.1, 0.15) is 30.0 Å². The van der Waals surface area contributed by atoms with E-state index < -0.39 is 23.1 Å². The molecule has 0 bridgehead atoms. The summed E-state index contributed by atoms with van der Waals surface area (Å²) in [7, 11) is 3.19. The van der Waals surface area contributed by atoms with Crippen molar-refractivity contribution in [3.63, 3.8) is 0 Å². The van der Waals surface area contributed by atoms with Gasteiger partial charge in [-0.05, 0) is 47.9 Å². The summed E-state index contributed by atoms with van der Waals surface area (Å²) in [6.07, 6.45) is -0.992. The Balaban J connectivity index is 1.60. The predicted molar refractivity (Wildman–Crippen MR) is 138 cm³/mol. The van der Waals surface area contributed by atoms with Crippen LogP contribution in [-0.2, 0) is 36.2 Å². The van der Waals surface area contributed by atoms with E-state index in [-0.39, 0.29) is 25.5 Å². The van der Waals surface area contributed by atoms with E-state index in [0.717, 1.165) is 16.7 Å². The zero-order valence-electron chi connectivity index (χ0n) is 21.7. The first-order valence-corrected chi connectivity index (χ1v) is 12.6. The molecular weight excluding hydrogens is 486 g/mol. The number of ether oxygens (including phenoxy) is 3. The lowest BCUT2D eigenvalue weighted by Crippen LogP contribution is -2.55. The molecule has 8 heteroatoms. The van der Waals surface area contributed by atoms with Crippen LogP contribution in [0.2, 0.25) is 0 Å². The molecule has 1 amide bonds. The van der Waals surface area contributed by atoms with Gasteiger partial charge in [-0.2, -0.15) is 0 Å². The fraction of sp³-hybridized carbons (Fsp3) is 0.333. The topological polar surface area (TPSA) is 83.5 Å². The van der Waals surface area contributed by atoms with Crippen LogP contribution in [0.5, 0.6) is 11.5 Å². The number of benzene rings is 3. The lowest BCUT2D eigenvalue weighted by atomic mass is 9.69. The SMILES string of the molecule is CCOC(=O)C12CN(Cc3ccccc3)C(=O)C1OOC(c1ccc(OC)cc1)(c1ccc(OC)cc1)C2. The van der Waals surface area contributed by atoms with E-state index in [0.29, 0.717) is 18.0 Å². The van der Waals surface area contributed by atoms with E-state index in [1.54, 1.807) is 26.0 Å². The molecule has 38 heavy (non-hydrogen) atoms. The fourth-order valence-corrected chi connectivity index (χ4v) is 5.43. The summed E-state index contributed by atoms with van der Waals surface area (Å²) in [5.74, 6) is 0.570. The molecule has 2 atom stereocenters. The Bertz CT molecular complexity index is 1230. The number of esters is 1. The van der Waals surface area contributed by atoms with Crippen molar-refractivity contribution in [3.8, 4) is 11.5 Å². The van der Waals surface area contributed by atoms with Crippen molar-refractivity contribution < 1.29 is 33.6 Å². The number of carbonyl (C=O) groups is 2. The van der Waals surface area contributed by atoms with Gasteiger partial charge in [-0.1, -0.05) is 54.6 Å². The van der Waals surface area contributed by atoms with E-state index >= 15 is 0 Å². The first-order chi connectivity index (χ1) is 18.5. The second kappa shape index (κ2) is 10.5. The fourth-order valence-electron chi connectivity index (χ4n) is 5.43. The molecule has 0 spiro atoms. The number of methoxy groups -OCH3 is 2. The van der Waals surface area contributed by atoms with Crippen molar-refractivity contribution in [1.82, 2.24) is 4.90 Å². The first kappa shape index (κ1) is 25.8. The van der Waals surface area contributed by atoms with Gasteiger partial charge < -0.3 is 19.1 Å². The lowest BCUT2D eigenvalue weighted by molar-refractivity contribution is -0.413. The molecule has 5 rings (SSSR count). The van der Waals surface area contributed by atoms with Gasteiger partial charge in [0.25, 0.3) is 5.91 Å². The lowest BCUT2D eigenvalue weighted by Gasteiger charge is -2.45. The molecule has 2 fully saturated rings. The normalized spacial score (nSPS) is 22.0. The van der Waals surface area contributed by atoms with Gasteiger partial charge in [-0.25, -0.2) is 9.78 Å². The van der Waals surface area contributed by atoms with Gasteiger partial charge in [-0.15, -0.1) is 0 Å². The minimum absolute atomic E-state index is 0.138. The molecule has 2 saturated heterocycles. The molecule has 2 unspecified atom stereocenters. The molecule has 0 aromatic heterocycles. The summed E-state index contributed by atoms with van der Waals surface area (Å²) in [5.41, 5.74) is -0.0414. The highest BCUT2D eigenvalue weighted by molar-refractivity contribution is 5.94. The van der Waals surface area contributed by atoms with E-state index in [1.807, 2.05) is 78.9 Å². The maximum Gasteiger partial charge on any atom is 0.317 e. The quantitative estimate of drug-likeness (QED) is 0.326. The van der Waals surface area contributed by atoms with E-state index in [1.165, 1.54) is 0 Å². The van der Waals surface area contributed by atoms with Crippen LogP contribution in [0, 0.1) is 5.41 Å². The van der Waals surface area contributed by atoms with E-state index in [9.17, 15) is 9.59 Å². The van der Waals surface area contributed by atoms with Gasteiger partial charge in [0.15, 0.2) is 11.7 Å². The van der Waals surface area contributed by atoms with Gasteiger partial charge >= 0.3 is 5.97 Å². The minimum Gasteiger partial charge on any atom is -0.497 e. The van der Waals surface area contributed by atoms with Crippen molar-refractivity contribution in [2.45, 2.75) is 31.6 Å². The number of likely N-dealkylation sites (tertiary alicyclic amines) is 1. The molecule has 2 aliphatic rings. The standard InChI is InChI=1S/C30H31NO7/c1-4-36-28(33)29-19-30(22-10-14-24(34-2)15-11-22,23-12-16-25(35-3)17-13-23)38-37-26(29)27(32)31(20-29)18-21-8-6-5-7-9-21/h5-17,26H,4,18-20H2,1-3H3. The van der Waals surface area contributed by atoms with Crippen LogP contribution in [0.4, 0.5) is 0 Å². The summed E-state index contributed by atoms with van der Waals surface area (Å²) in [5, 5.41) is 0. The monoisotopic (exact) mass is 517 g/mol. The maximum atomic E-state index is 13.7. The first-order valence-electron chi connectivity index (χ1n) is 12.6. The summed E-state index contributed by atoms with van der Waals surface area (Å²) in [4.78, 5) is 41.1. The predicted octanol–water partition coefficient (Wildman–Crippen LogP) is 4.26. The number of hydrogen-bond acceptors (Lipinski definition) is 7. The van der Waals surface area contributed by atoms with E-state index in [2.05, 4.69) is 0 Å². The number of carbonyl (C=O) groups excluding carboxylic acids is 2. The molecule has 0 radical (unpaired) electrons. The average molecular weight is 518 g/mol. The number of amides is 1. The Morgan fingerprint density at radius 2 is 1.50 bits per heavy atom. The number of nitrogens with zero attached hydrogens (tertiary/aromatic N) is 1. The molecule has 0 aliphatic carbocycles. The Kier molecular flexibility index (Phi) is 7.10. The van der Waals surface area contributed by atoms with Crippen molar-refractivity contribution >= 4 is 11.9 Å². The van der Waals surface area contributed by atoms with Gasteiger partial charge in [0.1, 0.15) is 16.9 Å². The van der Waals surface area contributed by atoms with Crippen LogP contribution >= 0.6 is 0 Å². The van der Waals surface area contributed by atoms with Crippen molar-refractivity contribution in [1.29, 1.82) is 0 Å². The van der Waals surface area contributed by atoms with Crippen molar-refractivity contribution in [2.24, 2.45) is 5.41 Å². The number of rotatable bonds is 8. The highest BCUT2D eigenvalue weighted by Crippen LogP contribution is 2.53. The Labute approximate surface area is 221 Å². The van der Waals surface area contributed by atoms with Gasteiger partial charge in [0, 0.05) is 19.5 Å². The van der Waals surface area contributed by atoms with Crippen molar-refractivity contribution in [2.75, 3.05) is 27.4 Å². The third-order valence-corrected chi connectivity index (χ3v) is 7.37. The number of fused-ring (bicyclic) bond motifs is 1. The summed E-state index contributed by atoms with van der Waals surface area (Å²) in [6, 6.07) is 24.5. The van der Waals surface area contributed by atoms with Crippen LogP contribution in [0.3, 0.4) is 0 Å². The largest absolute Gasteiger partial charge is 0.497 e. The Morgan fingerprint density at radius 3 is 2.03 bits per heavy atom. The summed E-state index contributed by atoms with van der Waals surface area (Å²) in [6.45, 7) is 2.42. The van der Waals surface area contributed by atoms with E-state index in [4.69, 9.17) is 24.0 Å². The molecule has 3 aromatic carbocycles. The number of hydrogen-bond donors (Lipinski definition) is 0. The molecule has 0 N–H and O–H groups in total.